The van der Waals surface area contributed by atoms with E-state index in [1.165, 1.54) is 48.2 Å². The average molecular weight is 200 g/mol. The molecule has 0 aromatic carbocycles. The maximum absolute atomic E-state index is 5.52. The lowest BCUT2D eigenvalue weighted by Crippen LogP contribution is -2.65. The molecule has 0 aromatic heterocycles. The van der Waals surface area contributed by atoms with E-state index in [2.05, 4.69) is 0 Å². The van der Waals surface area contributed by atoms with Crippen molar-refractivity contribution in [2.24, 2.45) is 0 Å². The normalized spacial score (nSPS) is 48.0. The molecular weight excluding hydrogens is 180 g/mol. The number of nitrogens with zero attached hydrogens (tertiary/aromatic N) is 2. The minimum Gasteiger partial charge on any atom is -0.326 e. The van der Waals surface area contributed by atoms with Crippen molar-refractivity contribution in [2.45, 2.75) is 0 Å². The van der Waals surface area contributed by atoms with Gasteiger partial charge < -0.3 is 9.47 Å². The van der Waals surface area contributed by atoms with E-state index in [1.54, 1.807) is 0 Å². The van der Waals surface area contributed by atoms with Crippen molar-refractivity contribution in [3.8, 4) is 0 Å². The summed E-state index contributed by atoms with van der Waals surface area (Å²) < 4.78 is 13.5. The molecule has 3 aliphatic heterocycles. The third kappa shape index (κ3) is 1.37. The van der Waals surface area contributed by atoms with Crippen molar-refractivity contribution in [3.63, 3.8) is 0 Å². The first-order valence-corrected chi connectivity index (χ1v) is 5.68. The van der Waals surface area contributed by atoms with Gasteiger partial charge in [-0.25, -0.2) is 0 Å². The Kier molecular flexibility index (Phi) is 2.06. The second-order valence-electron chi connectivity index (χ2n) is 5.10. The summed E-state index contributed by atoms with van der Waals surface area (Å²) in [6.07, 6.45) is 0. The Morgan fingerprint density at radius 1 is 0.571 bits per heavy atom. The molecule has 0 aromatic rings. The Morgan fingerprint density at radius 3 is 1.29 bits per heavy atom. The SMILES string of the molecule is C1C[N+]2(CC[N+]3(CCOC3)CC2)CO1. The number of quaternary nitrogens is 2. The molecule has 0 aliphatic carbocycles. The lowest BCUT2D eigenvalue weighted by Gasteiger charge is -2.44. The third-order valence-electron chi connectivity index (χ3n) is 4.25. The van der Waals surface area contributed by atoms with Crippen molar-refractivity contribution in [3.05, 3.63) is 0 Å². The molecule has 0 N–H and O–H groups in total. The van der Waals surface area contributed by atoms with Gasteiger partial charge in [0.15, 0.2) is 13.5 Å². The third-order valence-corrected chi connectivity index (χ3v) is 4.25. The van der Waals surface area contributed by atoms with Gasteiger partial charge in [0.25, 0.3) is 0 Å². The number of hydrogen-bond acceptors (Lipinski definition) is 2. The molecule has 0 unspecified atom stereocenters. The van der Waals surface area contributed by atoms with Crippen LogP contribution in [-0.4, -0.2) is 74.9 Å². The Morgan fingerprint density at radius 2 is 1.00 bits per heavy atom. The van der Waals surface area contributed by atoms with Gasteiger partial charge in [0.2, 0.25) is 0 Å². The number of ether oxygens (including phenoxy) is 2. The monoisotopic (exact) mass is 200 g/mol. The van der Waals surface area contributed by atoms with Crippen LogP contribution in [0.25, 0.3) is 0 Å². The van der Waals surface area contributed by atoms with E-state index in [9.17, 15) is 0 Å². The molecule has 3 rings (SSSR count). The smallest absolute Gasteiger partial charge is 0.183 e. The molecule has 4 nitrogen and oxygen atoms in total. The fourth-order valence-electron chi connectivity index (χ4n) is 2.94. The van der Waals surface area contributed by atoms with E-state index in [4.69, 9.17) is 9.47 Å². The van der Waals surface area contributed by atoms with Crippen LogP contribution in [0.3, 0.4) is 0 Å². The van der Waals surface area contributed by atoms with Crippen LogP contribution in [0.1, 0.15) is 0 Å². The lowest BCUT2D eigenvalue weighted by atomic mass is 10.2. The fourth-order valence-corrected chi connectivity index (χ4v) is 2.94. The van der Waals surface area contributed by atoms with Crippen molar-refractivity contribution < 1.29 is 18.4 Å². The van der Waals surface area contributed by atoms with Crippen molar-refractivity contribution >= 4 is 0 Å². The van der Waals surface area contributed by atoms with Crippen LogP contribution in [-0.2, 0) is 9.47 Å². The van der Waals surface area contributed by atoms with E-state index in [0.717, 1.165) is 26.7 Å². The minimum absolute atomic E-state index is 0.959. The van der Waals surface area contributed by atoms with Gasteiger partial charge in [-0.05, 0) is 0 Å². The van der Waals surface area contributed by atoms with Crippen LogP contribution in [0.5, 0.6) is 0 Å². The van der Waals surface area contributed by atoms with Crippen LogP contribution in [0.4, 0.5) is 0 Å². The first-order chi connectivity index (χ1) is 6.83. The summed E-state index contributed by atoms with van der Waals surface area (Å²) in [6, 6.07) is 0. The molecule has 2 spiro atoms. The minimum atomic E-state index is 0.959. The van der Waals surface area contributed by atoms with E-state index in [0.29, 0.717) is 0 Å². The Labute approximate surface area is 85.2 Å². The Balaban J connectivity index is 1.66. The Bertz CT molecular complexity index is 184. The molecule has 0 saturated carbocycles. The first-order valence-electron chi connectivity index (χ1n) is 5.68. The molecule has 0 radical (unpaired) electrons. The van der Waals surface area contributed by atoms with Crippen molar-refractivity contribution in [1.82, 2.24) is 0 Å². The second kappa shape index (κ2) is 3.17. The zero-order chi connectivity index (χ0) is 9.49. The van der Waals surface area contributed by atoms with Crippen molar-refractivity contribution in [1.29, 1.82) is 0 Å². The quantitative estimate of drug-likeness (QED) is 0.496. The van der Waals surface area contributed by atoms with Crippen LogP contribution in [0, 0.1) is 0 Å². The highest BCUT2D eigenvalue weighted by Crippen LogP contribution is 2.24. The lowest BCUT2D eigenvalue weighted by molar-refractivity contribution is -1.03. The molecule has 0 atom stereocenters. The van der Waals surface area contributed by atoms with Gasteiger partial charge in [0.1, 0.15) is 52.5 Å². The molecule has 3 aliphatic rings. The Hall–Kier alpha value is -0.160. The summed E-state index contributed by atoms with van der Waals surface area (Å²) in [6.45, 7) is 11.5. The van der Waals surface area contributed by atoms with Crippen LogP contribution in [0.2, 0.25) is 0 Å². The van der Waals surface area contributed by atoms with Crippen LogP contribution >= 0.6 is 0 Å². The molecular formula is C10H20N2O2+2. The molecule has 4 heteroatoms. The summed E-state index contributed by atoms with van der Waals surface area (Å²) >= 11 is 0. The predicted octanol–water partition coefficient (Wildman–Crippen LogP) is -0.391. The van der Waals surface area contributed by atoms with Gasteiger partial charge in [0, 0.05) is 0 Å². The zero-order valence-corrected chi connectivity index (χ0v) is 8.78. The maximum atomic E-state index is 5.52. The molecule has 0 amide bonds. The van der Waals surface area contributed by atoms with Gasteiger partial charge in [-0.2, -0.15) is 0 Å². The standard InChI is InChI=1S/C10H20N2O2/c1-2-12(6-8-14-10-12)4-3-11(1)5-7-13-9-11/h1-10H2/q+2. The molecule has 80 valence electrons. The molecule has 3 saturated heterocycles. The fraction of sp³-hybridized carbons (Fsp3) is 1.00. The number of rotatable bonds is 0. The van der Waals surface area contributed by atoms with Gasteiger partial charge in [-0.3, -0.25) is 8.97 Å². The topological polar surface area (TPSA) is 18.5 Å². The molecule has 3 heterocycles. The summed E-state index contributed by atoms with van der Waals surface area (Å²) in [5.74, 6) is 0. The molecule has 0 bridgehead atoms. The van der Waals surface area contributed by atoms with E-state index >= 15 is 0 Å². The highest BCUT2D eigenvalue weighted by molar-refractivity contribution is 4.57. The number of hydrogen-bond donors (Lipinski definition) is 0. The average Bonchev–Trinajstić information content (AvgIpc) is 2.81. The first kappa shape index (κ1) is 9.09. The van der Waals surface area contributed by atoms with Gasteiger partial charge in [-0.15, -0.1) is 0 Å². The number of piperazine rings is 1. The largest absolute Gasteiger partial charge is 0.326 e. The predicted molar refractivity (Wildman–Crippen MR) is 51.4 cm³/mol. The van der Waals surface area contributed by atoms with Gasteiger partial charge in [-0.1, -0.05) is 0 Å². The highest BCUT2D eigenvalue weighted by Gasteiger charge is 2.45. The van der Waals surface area contributed by atoms with Gasteiger partial charge in [0.05, 0.1) is 0 Å². The summed E-state index contributed by atoms with van der Waals surface area (Å²) in [5, 5.41) is 0. The summed E-state index contributed by atoms with van der Waals surface area (Å²) in [4.78, 5) is 0. The van der Waals surface area contributed by atoms with E-state index in [1.807, 2.05) is 0 Å². The molecule has 14 heavy (non-hydrogen) atoms. The maximum Gasteiger partial charge on any atom is 0.183 e. The van der Waals surface area contributed by atoms with Crippen LogP contribution < -0.4 is 0 Å². The van der Waals surface area contributed by atoms with E-state index in [-0.39, 0.29) is 0 Å². The van der Waals surface area contributed by atoms with Crippen molar-refractivity contribution in [2.75, 3.05) is 65.9 Å². The summed E-state index contributed by atoms with van der Waals surface area (Å²) in [5.41, 5.74) is 0. The second-order valence-corrected chi connectivity index (χ2v) is 5.10. The van der Waals surface area contributed by atoms with Gasteiger partial charge >= 0.3 is 0 Å². The van der Waals surface area contributed by atoms with Crippen LogP contribution in [0.15, 0.2) is 0 Å². The highest BCUT2D eigenvalue weighted by atomic mass is 16.5. The molecule has 3 fully saturated rings. The van der Waals surface area contributed by atoms with E-state index < -0.39 is 0 Å². The summed E-state index contributed by atoms with van der Waals surface area (Å²) in [7, 11) is 0. The zero-order valence-electron chi connectivity index (χ0n) is 8.78.